The molecule has 1 heterocycles. The molecule has 0 amide bonds. The van der Waals surface area contributed by atoms with Gasteiger partial charge in [0.1, 0.15) is 12.4 Å². The third-order valence-electron chi connectivity index (χ3n) is 2.47. The van der Waals surface area contributed by atoms with Gasteiger partial charge in [0.15, 0.2) is 5.75 Å². The van der Waals surface area contributed by atoms with Crippen LogP contribution in [0.3, 0.4) is 0 Å². The lowest BCUT2D eigenvalue weighted by Crippen LogP contribution is -1.95. The molecule has 0 spiro atoms. The van der Waals surface area contributed by atoms with Crippen molar-refractivity contribution in [2.45, 2.75) is 20.1 Å². The maximum absolute atomic E-state index is 5.64. The number of ether oxygens (including phenoxy) is 2. The number of aryl methyl sites for hydroxylation is 1. The van der Waals surface area contributed by atoms with Crippen molar-refractivity contribution in [3.05, 3.63) is 42.2 Å². The van der Waals surface area contributed by atoms with E-state index in [-0.39, 0.29) is 0 Å². The van der Waals surface area contributed by atoms with Crippen LogP contribution in [0.4, 0.5) is 0 Å². The summed E-state index contributed by atoms with van der Waals surface area (Å²) in [6.45, 7) is 3.41. The molecule has 0 bridgehead atoms. The van der Waals surface area contributed by atoms with Crippen molar-refractivity contribution in [1.29, 1.82) is 0 Å². The first-order valence-corrected chi connectivity index (χ1v) is 5.60. The van der Waals surface area contributed by atoms with Gasteiger partial charge in [-0.05, 0) is 24.6 Å². The molecule has 0 aliphatic heterocycles. The van der Waals surface area contributed by atoms with E-state index in [0.717, 1.165) is 23.6 Å². The van der Waals surface area contributed by atoms with Gasteiger partial charge in [-0.15, -0.1) is 0 Å². The number of benzene rings is 1. The molecular weight excluding hydrogens is 216 g/mol. The van der Waals surface area contributed by atoms with E-state index in [1.54, 1.807) is 13.3 Å². The Morgan fingerprint density at radius 2 is 2.18 bits per heavy atom. The second kappa shape index (κ2) is 5.39. The SMILES string of the molecule is CCn1cc(OCc2cccc(OC)c2)cn1. The molecule has 4 nitrogen and oxygen atoms in total. The van der Waals surface area contributed by atoms with Crippen LogP contribution >= 0.6 is 0 Å². The Kier molecular flexibility index (Phi) is 3.65. The van der Waals surface area contributed by atoms with Crippen LogP contribution in [0.25, 0.3) is 0 Å². The van der Waals surface area contributed by atoms with Crippen molar-refractivity contribution in [1.82, 2.24) is 9.78 Å². The number of hydrogen-bond acceptors (Lipinski definition) is 3. The van der Waals surface area contributed by atoms with E-state index >= 15 is 0 Å². The van der Waals surface area contributed by atoms with Crippen LogP contribution in [0.1, 0.15) is 12.5 Å². The van der Waals surface area contributed by atoms with E-state index < -0.39 is 0 Å². The molecule has 0 aliphatic carbocycles. The number of hydrogen-bond donors (Lipinski definition) is 0. The fraction of sp³-hybridized carbons (Fsp3) is 0.308. The lowest BCUT2D eigenvalue weighted by Gasteiger charge is -2.05. The fourth-order valence-electron chi connectivity index (χ4n) is 1.52. The standard InChI is InChI=1S/C13H16N2O2/c1-3-15-9-13(8-14-15)17-10-11-5-4-6-12(7-11)16-2/h4-9H,3,10H2,1-2H3. The van der Waals surface area contributed by atoms with Crippen molar-refractivity contribution in [2.24, 2.45) is 0 Å². The normalized spacial score (nSPS) is 10.2. The molecule has 1 aromatic carbocycles. The lowest BCUT2D eigenvalue weighted by molar-refractivity contribution is 0.304. The van der Waals surface area contributed by atoms with Crippen molar-refractivity contribution >= 4 is 0 Å². The maximum Gasteiger partial charge on any atom is 0.157 e. The van der Waals surface area contributed by atoms with E-state index in [0.29, 0.717) is 6.61 Å². The first kappa shape index (κ1) is 11.5. The second-order valence-corrected chi connectivity index (χ2v) is 3.67. The van der Waals surface area contributed by atoms with Crippen LogP contribution in [0.5, 0.6) is 11.5 Å². The molecular formula is C13H16N2O2. The molecule has 2 rings (SSSR count). The van der Waals surface area contributed by atoms with Gasteiger partial charge < -0.3 is 9.47 Å². The van der Waals surface area contributed by atoms with Gasteiger partial charge in [-0.2, -0.15) is 5.10 Å². The Labute approximate surface area is 101 Å². The van der Waals surface area contributed by atoms with E-state index in [1.807, 2.05) is 42.1 Å². The summed E-state index contributed by atoms with van der Waals surface area (Å²) in [4.78, 5) is 0. The zero-order valence-corrected chi connectivity index (χ0v) is 10.1. The molecule has 0 N–H and O–H groups in total. The van der Waals surface area contributed by atoms with Crippen LogP contribution in [-0.2, 0) is 13.2 Å². The Bertz CT molecular complexity index is 480. The van der Waals surface area contributed by atoms with Crippen LogP contribution in [0.15, 0.2) is 36.7 Å². The molecule has 0 unspecified atom stereocenters. The van der Waals surface area contributed by atoms with Crippen LogP contribution in [0, 0.1) is 0 Å². The second-order valence-electron chi connectivity index (χ2n) is 3.67. The fourth-order valence-corrected chi connectivity index (χ4v) is 1.52. The molecule has 0 aliphatic rings. The highest BCUT2D eigenvalue weighted by Gasteiger charge is 2.00. The summed E-state index contributed by atoms with van der Waals surface area (Å²) in [6, 6.07) is 7.84. The highest BCUT2D eigenvalue weighted by Crippen LogP contribution is 2.15. The third kappa shape index (κ3) is 3.00. The summed E-state index contributed by atoms with van der Waals surface area (Å²) in [7, 11) is 1.66. The van der Waals surface area contributed by atoms with E-state index in [1.165, 1.54) is 0 Å². The monoisotopic (exact) mass is 232 g/mol. The lowest BCUT2D eigenvalue weighted by atomic mass is 10.2. The molecule has 0 fully saturated rings. The topological polar surface area (TPSA) is 36.3 Å². The first-order valence-electron chi connectivity index (χ1n) is 5.60. The number of methoxy groups -OCH3 is 1. The molecule has 4 heteroatoms. The van der Waals surface area contributed by atoms with Crippen molar-refractivity contribution in [2.75, 3.05) is 7.11 Å². The highest BCUT2D eigenvalue weighted by atomic mass is 16.5. The largest absolute Gasteiger partial charge is 0.497 e. The summed E-state index contributed by atoms with van der Waals surface area (Å²) in [6.07, 6.45) is 3.61. The van der Waals surface area contributed by atoms with E-state index in [4.69, 9.17) is 9.47 Å². The Balaban J connectivity index is 1.96. The summed E-state index contributed by atoms with van der Waals surface area (Å²) in [5.74, 6) is 1.63. The summed E-state index contributed by atoms with van der Waals surface area (Å²) >= 11 is 0. The molecule has 17 heavy (non-hydrogen) atoms. The maximum atomic E-state index is 5.64. The van der Waals surface area contributed by atoms with Gasteiger partial charge in [0.25, 0.3) is 0 Å². The molecule has 90 valence electrons. The predicted molar refractivity (Wildman–Crippen MR) is 65.2 cm³/mol. The van der Waals surface area contributed by atoms with Crippen LogP contribution < -0.4 is 9.47 Å². The first-order chi connectivity index (χ1) is 8.31. The van der Waals surface area contributed by atoms with Gasteiger partial charge in [-0.1, -0.05) is 12.1 Å². The third-order valence-corrected chi connectivity index (χ3v) is 2.47. The van der Waals surface area contributed by atoms with Crippen LogP contribution in [0.2, 0.25) is 0 Å². The number of aromatic nitrogens is 2. The Hall–Kier alpha value is -1.97. The summed E-state index contributed by atoms with van der Waals surface area (Å²) in [5.41, 5.74) is 1.08. The van der Waals surface area contributed by atoms with Gasteiger partial charge in [0, 0.05) is 6.54 Å². The molecule has 2 aromatic rings. The van der Waals surface area contributed by atoms with Gasteiger partial charge in [0.05, 0.1) is 19.5 Å². The average Bonchev–Trinajstić information content (AvgIpc) is 2.84. The Morgan fingerprint density at radius 1 is 1.29 bits per heavy atom. The van der Waals surface area contributed by atoms with Crippen molar-refractivity contribution in [3.63, 3.8) is 0 Å². The zero-order valence-electron chi connectivity index (χ0n) is 10.1. The molecule has 1 aromatic heterocycles. The van der Waals surface area contributed by atoms with E-state index in [9.17, 15) is 0 Å². The van der Waals surface area contributed by atoms with Crippen molar-refractivity contribution < 1.29 is 9.47 Å². The smallest absolute Gasteiger partial charge is 0.157 e. The number of rotatable bonds is 5. The van der Waals surface area contributed by atoms with Gasteiger partial charge in [-0.3, -0.25) is 4.68 Å². The van der Waals surface area contributed by atoms with Gasteiger partial charge >= 0.3 is 0 Å². The quantitative estimate of drug-likeness (QED) is 0.794. The summed E-state index contributed by atoms with van der Waals surface area (Å²) < 4.78 is 12.6. The molecule has 0 atom stereocenters. The minimum absolute atomic E-state index is 0.520. The zero-order chi connectivity index (χ0) is 12.1. The average molecular weight is 232 g/mol. The Morgan fingerprint density at radius 3 is 2.88 bits per heavy atom. The van der Waals surface area contributed by atoms with Gasteiger partial charge in [0.2, 0.25) is 0 Å². The highest BCUT2D eigenvalue weighted by molar-refractivity contribution is 5.28. The minimum Gasteiger partial charge on any atom is -0.497 e. The predicted octanol–water partition coefficient (Wildman–Crippen LogP) is 2.49. The minimum atomic E-state index is 0.520. The van der Waals surface area contributed by atoms with Gasteiger partial charge in [-0.25, -0.2) is 0 Å². The van der Waals surface area contributed by atoms with Crippen LogP contribution in [-0.4, -0.2) is 16.9 Å². The number of nitrogens with zero attached hydrogens (tertiary/aromatic N) is 2. The van der Waals surface area contributed by atoms with Crippen molar-refractivity contribution in [3.8, 4) is 11.5 Å². The molecule has 0 saturated carbocycles. The molecule has 0 radical (unpaired) electrons. The molecule has 0 saturated heterocycles. The van der Waals surface area contributed by atoms with E-state index in [2.05, 4.69) is 5.10 Å². The summed E-state index contributed by atoms with van der Waals surface area (Å²) in [5, 5.41) is 4.15.